The molecule has 0 aromatic carbocycles. The van der Waals surface area contributed by atoms with E-state index < -0.39 is 0 Å². The average Bonchev–Trinajstić information content (AvgIpc) is 3.20. The second kappa shape index (κ2) is 7.26. The highest BCUT2D eigenvalue weighted by Gasteiger charge is 2.32. The quantitative estimate of drug-likeness (QED) is 0.881. The molecule has 2 unspecified atom stereocenters. The molecule has 0 spiro atoms. The van der Waals surface area contributed by atoms with Crippen LogP contribution in [0.3, 0.4) is 0 Å². The average molecular weight is 308 g/mol. The Morgan fingerprint density at radius 1 is 1.36 bits per heavy atom. The van der Waals surface area contributed by atoms with Crippen LogP contribution in [0, 0.1) is 12.8 Å². The third-order valence-electron chi connectivity index (χ3n) is 4.56. The number of amides is 1. The van der Waals surface area contributed by atoms with Crippen LogP contribution in [0.4, 0.5) is 0 Å². The molecular weight excluding hydrogens is 284 g/mol. The summed E-state index contributed by atoms with van der Waals surface area (Å²) in [6, 6.07) is 2.10. The number of morpholine rings is 1. The van der Waals surface area contributed by atoms with Gasteiger partial charge in [-0.25, -0.2) is 0 Å². The Morgan fingerprint density at radius 3 is 2.82 bits per heavy atom. The lowest BCUT2D eigenvalue weighted by Gasteiger charge is -2.37. The van der Waals surface area contributed by atoms with E-state index in [4.69, 9.17) is 13.9 Å². The van der Waals surface area contributed by atoms with E-state index in [1.165, 1.54) is 0 Å². The predicted molar refractivity (Wildman–Crippen MR) is 80.9 cm³/mol. The van der Waals surface area contributed by atoms with Gasteiger partial charge in [-0.1, -0.05) is 0 Å². The van der Waals surface area contributed by atoms with Crippen LogP contribution in [0.1, 0.15) is 22.5 Å². The summed E-state index contributed by atoms with van der Waals surface area (Å²) in [5.41, 5.74) is 0.865. The van der Waals surface area contributed by atoms with Crippen molar-refractivity contribution in [1.82, 2.24) is 10.2 Å². The Hall–Kier alpha value is -1.37. The summed E-state index contributed by atoms with van der Waals surface area (Å²) in [6.45, 7) is 7.43. The Morgan fingerprint density at radius 2 is 2.18 bits per heavy atom. The molecule has 22 heavy (non-hydrogen) atoms. The van der Waals surface area contributed by atoms with Gasteiger partial charge in [0, 0.05) is 43.8 Å². The third kappa shape index (κ3) is 3.51. The maximum absolute atomic E-state index is 12.2. The maximum atomic E-state index is 12.2. The minimum Gasteiger partial charge on any atom is -0.459 e. The van der Waals surface area contributed by atoms with Crippen LogP contribution in [0.25, 0.3) is 0 Å². The van der Waals surface area contributed by atoms with Crippen molar-refractivity contribution in [2.45, 2.75) is 19.4 Å². The summed E-state index contributed by atoms with van der Waals surface area (Å²) in [5.74, 6) is 0.735. The highest BCUT2D eigenvalue weighted by molar-refractivity contribution is 5.92. The van der Waals surface area contributed by atoms with E-state index in [9.17, 15) is 4.79 Å². The Kier molecular flexibility index (Phi) is 5.12. The number of ether oxygens (including phenoxy) is 2. The molecule has 6 nitrogen and oxygen atoms in total. The first kappa shape index (κ1) is 15.5. The van der Waals surface area contributed by atoms with Crippen LogP contribution < -0.4 is 5.32 Å². The van der Waals surface area contributed by atoms with E-state index in [0.29, 0.717) is 24.3 Å². The van der Waals surface area contributed by atoms with Crippen molar-refractivity contribution < 1.29 is 18.7 Å². The second-order valence-electron chi connectivity index (χ2n) is 5.98. The fourth-order valence-corrected chi connectivity index (χ4v) is 3.24. The predicted octanol–water partition coefficient (Wildman–Crippen LogP) is 1.06. The van der Waals surface area contributed by atoms with Crippen LogP contribution in [0.15, 0.2) is 16.7 Å². The van der Waals surface area contributed by atoms with Gasteiger partial charge in [-0.3, -0.25) is 9.69 Å². The highest BCUT2D eigenvalue weighted by atomic mass is 16.5. The lowest BCUT2D eigenvalue weighted by molar-refractivity contribution is 0.00160. The van der Waals surface area contributed by atoms with Gasteiger partial charge in [0.25, 0.3) is 5.91 Å². The number of nitrogens with zero attached hydrogens (tertiary/aromatic N) is 1. The molecule has 2 atom stereocenters. The molecule has 122 valence electrons. The van der Waals surface area contributed by atoms with Crippen LogP contribution >= 0.6 is 0 Å². The molecule has 2 fully saturated rings. The van der Waals surface area contributed by atoms with Gasteiger partial charge in [-0.2, -0.15) is 0 Å². The van der Waals surface area contributed by atoms with Crippen molar-refractivity contribution in [2.75, 3.05) is 46.1 Å². The first-order valence-electron chi connectivity index (χ1n) is 7.97. The number of nitrogens with one attached hydrogen (secondary N) is 1. The first-order valence-corrected chi connectivity index (χ1v) is 7.97. The first-order chi connectivity index (χ1) is 10.8. The number of carbonyl (C=O) groups excluding carboxylic acids is 1. The molecule has 6 heteroatoms. The summed E-state index contributed by atoms with van der Waals surface area (Å²) < 4.78 is 16.2. The second-order valence-corrected chi connectivity index (χ2v) is 5.98. The van der Waals surface area contributed by atoms with E-state index in [2.05, 4.69) is 10.2 Å². The van der Waals surface area contributed by atoms with Crippen molar-refractivity contribution in [3.63, 3.8) is 0 Å². The molecule has 3 rings (SSSR count). The molecule has 2 aliphatic rings. The van der Waals surface area contributed by atoms with Gasteiger partial charge in [0.15, 0.2) is 5.76 Å². The maximum Gasteiger partial charge on any atom is 0.287 e. The van der Waals surface area contributed by atoms with E-state index in [1.54, 1.807) is 12.3 Å². The Bertz CT molecular complexity index is 490. The fraction of sp³-hybridized carbons (Fsp3) is 0.688. The summed E-state index contributed by atoms with van der Waals surface area (Å²) in [4.78, 5) is 14.7. The zero-order chi connectivity index (χ0) is 15.4. The number of carbonyl (C=O) groups is 1. The van der Waals surface area contributed by atoms with Crippen molar-refractivity contribution in [3.8, 4) is 0 Å². The molecule has 1 aromatic heterocycles. The number of hydrogen-bond acceptors (Lipinski definition) is 5. The van der Waals surface area contributed by atoms with Gasteiger partial charge >= 0.3 is 0 Å². The monoisotopic (exact) mass is 308 g/mol. The number of aryl methyl sites for hydroxylation is 1. The largest absolute Gasteiger partial charge is 0.459 e. The van der Waals surface area contributed by atoms with E-state index >= 15 is 0 Å². The van der Waals surface area contributed by atoms with Gasteiger partial charge in [0.2, 0.25) is 0 Å². The number of hydrogen-bond donors (Lipinski definition) is 1. The van der Waals surface area contributed by atoms with Crippen molar-refractivity contribution in [3.05, 3.63) is 23.7 Å². The molecule has 1 N–H and O–H groups in total. The minimum atomic E-state index is -0.139. The highest BCUT2D eigenvalue weighted by Crippen LogP contribution is 2.22. The summed E-state index contributed by atoms with van der Waals surface area (Å²) >= 11 is 0. The van der Waals surface area contributed by atoms with Gasteiger partial charge in [-0.15, -0.1) is 0 Å². The summed E-state index contributed by atoms with van der Waals surface area (Å²) in [5, 5.41) is 3.03. The topological polar surface area (TPSA) is 63.9 Å². The number of furan rings is 1. The zero-order valence-electron chi connectivity index (χ0n) is 13.0. The van der Waals surface area contributed by atoms with E-state index in [-0.39, 0.29) is 5.91 Å². The van der Waals surface area contributed by atoms with Crippen LogP contribution in [-0.4, -0.2) is 62.9 Å². The van der Waals surface area contributed by atoms with Gasteiger partial charge < -0.3 is 19.2 Å². The molecule has 0 radical (unpaired) electrons. The Balaban J connectivity index is 1.62. The SMILES string of the molecule is Cc1ccoc1C(=O)NCC(C1CCOC1)N1CCOCC1. The standard InChI is InChI=1S/C16H24N2O4/c1-12-2-7-22-15(12)16(19)17-10-14(13-3-6-21-11-13)18-4-8-20-9-5-18/h2,7,13-14H,3-6,8-11H2,1H3,(H,17,19). The fourth-order valence-electron chi connectivity index (χ4n) is 3.24. The molecule has 0 bridgehead atoms. The molecule has 0 aliphatic carbocycles. The molecular formula is C16H24N2O4. The van der Waals surface area contributed by atoms with Crippen LogP contribution in [-0.2, 0) is 9.47 Å². The molecule has 1 aromatic rings. The molecule has 0 saturated carbocycles. The zero-order valence-corrected chi connectivity index (χ0v) is 13.0. The van der Waals surface area contributed by atoms with Crippen LogP contribution in [0.5, 0.6) is 0 Å². The smallest absolute Gasteiger partial charge is 0.287 e. The van der Waals surface area contributed by atoms with Gasteiger partial charge in [0.1, 0.15) is 0 Å². The van der Waals surface area contributed by atoms with Crippen LogP contribution in [0.2, 0.25) is 0 Å². The van der Waals surface area contributed by atoms with Crippen molar-refractivity contribution in [1.29, 1.82) is 0 Å². The van der Waals surface area contributed by atoms with E-state index in [1.807, 2.05) is 6.92 Å². The molecule has 2 saturated heterocycles. The molecule has 2 aliphatic heterocycles. The number of rotatable bonds is 5. The van der Waals surface area contributed by atoms with Gasteiger partial charge in [-0.05, 0) is 19.4 Å². The Labute approximate surface area is 130 Å². The summed E-state index contributed by atoms with van der Waals surface area (Å²) in [7, 11) is 0. The minimum absolute atomic E-state index is 0.139. The third-order valence-corrected chi connectivity index (χ3v) is 4.56. The molecule has 3 heterocycles. The van der Waals surface area contributed by atoms with Crippen molar-refractivity contribution >= 4 is 5.91 Å². The van der Waals surface area contributed by atoms with Gasteiger partial charge in [0.05, 0.1) is 26.1 Å². The lowest BCUT2D eigenvalue weighted by Crippen LogP contribution is -2.52. The summed E-state index contributed by atoms with van der Waals surface area (Å²) in [6.07, 6.45) is 2.60. The lowest BCUT2D eigenvalue weighted by atomic mass is 9.97. The molecule has 1 amide bonds. The van der Waals surface area contributed by atoms with E-state index in [0.717, 1.165) is 51.5 Å². The normalized spacial score (nSPS) is 24.3. The van der Waals surface area contributed by atoms with Crippen molar-refractivity contribution in [2.24, 2.45) is 5.92 Å².